The molecular weight excluding hydrogens is 400 g/mol. The highest BCUT2D eigenvalue weighted by atomic mass is 16.5. The van der Waals surface area contributed by atoms with Crippen molar-refractivity contribution in [2.24, 2.45) is 0 Å². The maximum atomic E-state index is 10.8. The van der Waals surface area contributed by atoms with Crippen molar-refractivity contribution < 1.29 is 19.7 Å². The van der Waals surface area contributed by atoms with Crippen LogP contribution in [-0.4, -0.2) is 23.4 Å². The summed E-state index contributed by atoms with van der Waals surface area (Å²) >= 11 is 0. The lowest BCUT2D eigenvalue weighted by atomic mass is 9.96. The molecule has 0 fully saturated rings. The summed E-state index contributed by atoms with van der Waals surface area (Å²) in [7, 11) is 0. The smallest absolute Gasteiger partial charge is 0.207 e. The van der Waals surface area contributed by atoms with Gasteiger partial charge >= 0.3 is 0 Å². The predicted octanol–water partition coefficient (Wildman–Crippen LogP) is 8.48. The Hall–Kier alpha value is -1.58. The SMILES string of the molecule is CCCCCCCCOc1c(O)c(O)c(CCC)c(CCC)c1OCCCCCCCC. The first-order valence-corrected chi connectivity index (χ1v) is 13.5. The predicted molar refractivity (Wildman–Crippen MR) is 136 cm³/mol. The Morgan fingerprint density at radius 1 is 0.469 bits per heavy atom. The van der Waals surface area contributed by atoms with Crippen LogP contribution < -0.4 is 9.47 Å². The van der Waals surface area contributed by atoms with Crippen molar-refractivity contribution in [2.45, 2.75) is 130 Å². The van der Waals surface area contributed by atoms with E-state index in [0.29, 0.717) is 24.7 Å². The lowest BCUT2D eigenvalue weighted by molar-refractivity contribution is 0.242. The van der Waals surface area contributed by atoms with Gasteiger partial charge in [0.2, 0.25) is 11.5 Å². The first-order chi connectivity index (χ1) is 15.6. The molecule has 0 saturated carbocycles. The van der Waals surface area contributed by atoms with Crippen LogP contribution in [0.2, 0.25) is 0 Å². The summed E-state index contributed by atoms with van der Waals surface area (Å²) < 4.78 is 12.3. The van der Waals surface area contributed by atoms with Gasteiger partial charge in [-0.3, -0.25) is 0 Å². The normalized spacial score (nSPS) is 11.1. The Morgan fingerprint density at radius 3 is 1.41 bits per heavy atom. The molecule has 1 aromatic rings. The van der Waals surface area contributed by atoms with E-state index in [2.05, 4.69) is 27.7 Å². The maximum Gasteiger partial charge on any atom is 0.207 e. The molecule has 0 aliphatic carbocycles. The Kier molecular flexibility index (Phi) is 15.9. The number of unbranched alkanes of at least 4 members (excludes halogenated alkanes) is 10. The number of rotatable bonds is 20. The first kappa shape index (κ1) is 28.5. The fourth-order valence-corrected chi connectivity index (χ4v) is 4.21. The average Bonchev–Trinajstić information content (AvgIpc) is 2.79. The molecule has 1 rings (SSSR count). The Labute approximate surface area is 197 Å². The fourth-order valence-electron chi connectivity index (χ4n) is 4.21. The quantitative estimate of drug-likeness (QED) is 0.154. The molecule has 0 aliphatic heterocycles. The van der Waals surface area contributed by atoms with E-state index in [9.17, 15) is 10.2 Å². The third-order valence-electron chi connectivity index (χ3n) is 6.06. The van der Waals surface area contributed by atoms with Crippen LogP contribution in [0.1, 0.15) is 129 Å². The van der Waals surface area contributed by atoms with Crippen LogP contribution in [0, 0.1) is 0 Å². The van der Waals surface area contributed by atoms with Crippen molar-refractivity contribution in [3.05, 3.63) is 11.1 Å². The van der Waals surface area contributed by atoms with E-state index in [1.807, 2.05) is 0 Å². The van der Waals surface area contributed by atoms with Gasteiger partial charge in [-0.1, -0.05) is 105 Å². The van der Waals surface area contributed by atoms with Gasteiger partial charge in [0.1, 0.15) is 0 Å². The summed E-state index contributed by atoms with van der Waals surface area (Å²) in [5.41, 5.74) is 1.82. The summed E-state index contributed by atoms with van der Waals surface area (Å²) in [6.07, 6.45) is 17.7. The highest BCUT2D eigenvalue weighted by Crippen LogP contribution is 2.49. The second-order valence-corrected chi connectivity index (χ2v) is 9.05. The summed E-state index contributed by atoms with van der Waals surface area (Å²) in [6.45, 7) is 9.83. The van der Waals surface area contributed by atoms with Crippen molar-refractivity contribution in [1.29, 1.82) is 0 Å². The molecule has 0 aromatic heterocycles. The van der Waals surface area contributed by atoms with Crippen LogP contribution in [-0.2, 0) is 12.8 Å². The number of benzene rings is 1. The van der Waals surface area contributed by atoms with Crippen LogP contribution in [0.5, 0.6) is 23.0 Å². The summed E-state index contributed by atoms with van der Waals surface area (Å²) in [6, 6.07) is 0. The van der Waals surface area contributed by atoms with E-state index in [1.54, 1.807) is 0 Å². The highest BCUT2D eigenvalue weighted by molar-refractivity contribution is 5.66. The van der Waals surface area contributed by atoms with Gasteiger partial charge in [0.15, 0.2) is 11.5 Å². The molecule has 0 bridgehead atoms. The third-order valence-corrected chi connectivity index (χ3v) is 6.06. The molecule has 0 atom stereocenters. The number of phenols is 2. The zero-order valence-electron chi connectivity index (χ0n) is 21.4. The van der Waals surface area contributed by atoms with Crippen LogP contribution in [0.25, 0.3) is 0 Å². The van der Waals surface area contributed by atoms with Gasteiger partial charge < -0.3 is 19.7 Å². The van der Waals surface area contributed by atoms with Gasteiger partial charge in [-0.2, -0.15) is 0 Å². The molecule has 0 aliphatic rings. The lowest BCUT2D eigenvalue weighted by Gasteiger charge is -2.22. The zero-order valence-corrected chi connectivity index (χ0v) is 21.4. The zero-order chi connectivity index (χ0) is 23.6. The second-order valence-electron chi connectivity index (χ2n) is 9.05. The molecule has 32 heavy (non-hydrogen) atoms. The van der Waals surface area contributed by atoms with Crippen molar-refractivity contribution in [3.63, 3.8) is 0 Å². The number of ether oxygens (including phenoxy) is 2. The largest absolute Gasteiger partial charge is 0.504 e. The van der Waals surface area contributed by atoms with E-state index in [1.165, 1.54) is 51.4 Å². The van der Waals surface area contributed by atoms with E-state index in [-0.39, 0.29) is 11.5 Å². The summed E-state index contributed by atoms with van der Waals surface area (Å²) in [4.78, 5) is 0. The summed E-state index contributed by atoms with van der Waals surface area (Å²) in [5, 5.41) is 21.5. The minimum Gasteiger partial charge on any atom is -0.504 e. The molecule has 0 amide bonds. The molecular formula is C28H50O4. The molecule has 0 spiro atoms. The first-order valence-electron chi connectivity index (χ1n) is 13.5. The molecule has 2 N–H and O–H groups in total. The molecule has 0 radical (unpaired) electrons. The van der Waals surface area contributed by atoms with Gasteiger partial charge in [-0.05, 0) is 25.7 Å². The van der Waals surface area contributed by atoms with E-state index < -0.39 is 0 Å². The van der Waals surface area contributed by atoms with Crippen molar-refractivity contribution in [3.8, 4) is 23.0 Å². The van der Waals surface area contributed by atoms with Gasteiger partial charge in [0.25, 0.3) is 0 Å². The van der Waals surface area contributed by atoms with Crippen LogP contribution >= 0.6 is 0 Å². The fraction of sp³-hybridized carbons (Fsp3) is 0.786. The number of hydrogen-bond acceptors (Lipinski definition) is 4. The Bertz CT molecular complexity index is 612. The van der Waals surface area contributed by atoms with Gasteiger partial charge in [-0.25, -0.2) is 0 Å². The average molecular weight is 451 g/mol. The number of phenolic OH excluding ortho intramolecular Hbond substituents is 2. The molecule has 4 nitrogen and oxygen atoms in total. The monoisotopic (exact) mass is 450 g/mol. The van der Waals surface area contributed by atoms with Crippen LogP contribution in [0.4, 0.5) is 0 Å². The Balaban J connectivity index is 2.92. The lowest BCUT2D eigenvalue weighted by Crippen LogP contribution is -2.08. The number of aromatic hydroxyl groups is 2. The molecule has 0 unspecified atom stereocenters. The van der Waals surface area contributed by atoms with Crippen molar-refractivity contribution >= 4 is 0 Å². The van der Waals surface area contributed by atoms with E-state index in [4.69, 9.17) is 9.47 Å². The van der Waals surface area contributed by atoms with Crippen LogP contribution in [0.3, 0.4) is 0 Å². The van der Waals surface area contributed by atoms with Gasteiger partial charge in [0, 0.05) is 11.1 Å². The van der Waals surface area contributed by atoms with Crippen molar-refractivity contribution in [1.82, 2.24) is 0 Å². The van der Waals surface area contributed by atoms with Gasteiger partial charge in [0.05, 0.1) is 13.2 Å². The minimum absolute atomic E-state index is 0.0276. The Morgan fingerprint density at radius 2 is 0.906 bits per heavy atom. The van der Waals surface area contributed by atoms with E-state index in [0.717, 1.165) is 62.5 Å². The number of hydrogen-bond donors (Lipinski definition) is 2. The molecule has 4 heteroatoms. The second kappa shape index (κ2) is 17.9. The summed E-state index contributed by atoms with van der Waals surface area (Å²) in [5.74, 6) is 0.813. The van der Waals surface area contributed by atoms with Crippen molar-refractivity contribution in [2.75, 3.05) is 13.2 Å². The minimum atomic E-state index is -0.155. The third kappa shape index (κ3) is 9.92. The maximum absolute atomic E-state index is 10.8. The molecule has 0 saturated heterocycles. The standard InChI is InChI=1S/C28H50O4/c1-5-9-11-13-15-17-21-31-27-24(20-8-4)23(19-7-3)25(29)26(30)28(27)32-22-18-16-14-12-10-6-2/h29-30H,5-22H2,1-4H3. The molecule has 1 aromatic carbocycles. The topological polar surface area (TPSA) is 58.9 Å². The molecule has 186 valence electrons. The molecule has 0 heterocycles. The van der Waals surface area contributed by atoms with E-state index >= 15 is 0 Å². The van der Waals surface area contributed by atoms with Crippen LogP contribution in [0.15, 0.2) is 0 Å². The van der Waals surface area contributed by atoms with Gasteiger partial charge in [-0.15, -0.1) is 0 Å². The highest BCUT2D eigenvalue weighted by Gasteiger charge is 2.25.